The van der Waals surface area contributed by atoms with Crippen LogP contribution in [0.25, 0.3) is 11.0 Å². The highest BCUT2D eigenvalue weighted by Gasteiger charge is 2.23. The minimum Gasteiger partial charge on any atom is -0.450 e. The monoisotopic (exact) mass is 435 g/mol. The molecule has 0 bridgehead atoms. The average Bonchev–Trinajstić information content (AvgIpc) is 3.09. The number of ether oxygens (including phenoxy) is 1. The van der Waals surface area contributed by atoms with Gasteiger partial charge in [-0.3, -0.25) is 9.69 Å². The van der Waals surface area contributed by atoms with Crippen LogP contribution >= 0.6 is 0 Å². The van der Waals surface area contributed by atoms with E-state index in [0.29, 0.717) is 31.8 Å². The van der Waals surface area contributed by atoms with Gasteiger partial charge in [-0.2, -0.15) is 0 Å². The fourth-order valence-corrected chi connectivity index (χ4v) is 3.88. The van der Waals surface area contributed by atoms with E-state index in [2.05, 4.69) is 14.8 Å². The molecule has 0 saturated carbocycles. The standard InChI is InChI=1S/C24H29N5O3/c1-4-32-24(31)29-13-11-28(12-14-29)16-22-26-20-15-19(9-10-21(20)27(22)3)25-23(30)18-7-5-17(2)6-8-18/h5-10,15H,4,11-14,16H2,1-3H3,(H,25,30). The molecule has 3 aromatic rings. The van der Waals surface area contributed by atoms with E-state index in [0.717, 1.165) is 41.2 Å². The first-order chi connectivity index (χ1) is 15.4. The molecule has 1 saturated heterocycles. The molecule has 0 aliphatic carbocycles. The minimum atomic E-state index is -0.241. The SMILES string of the molecule is CCOC(=O)N1CCN(Cc2nc3cc(NC(=O)c4ccc(C)cc4)ccc3n2C)CC1. The van der Waals surface area contributed by atoms with Gasteiger partial charge in [0.2, 0.25) is 0 Å². The summed E-state index contributed by atoms with van der Waals surface area (Å²) >= 11 is 0. The zero-order valence-corrected chi connectivity index (χ0v) is 18.8. The van der Waals surface area contributed by atoms with Gasteiger partial charge in [-0.1, -0.05) is 17.7 Å². The molecule has 1 N–H and O–H groups in total. The average molecular weight is 436 g/mol. The lowest BCUT2D eigenvalue weighted by atomic mass is 10.1. The number of amides is 2. The van der Waals surface area contributed by atoms with Crippen molar-refractivity contribution >= 4 is 28.7 Å². The van der Waals surface area contributed by atoms with E-state index >= 15 is 0 Å². The summed E-state index contributed by atoms with van der Waals surface area (Å²) in [5.74, 6) is 0.812. The van der Waals surface area contributed by atoms with Gasteiger partial charge in [0.1, 0.15) is 5.82 Å². The van der Waals surface area contributed by atoms with Crippen molar-refractivity contribution in [2.75, 3.05) is 38.1 Å². The fraction of sp³-hybridized carbons (Fsp3) is 0.375. The molecule has 2 amide bonds. The van der Waals surface area contributed by atoms with Gasteiger partial charge >= 0.3 is 6.09 Å². The van der Waals surface area contributed by atoms with Crippen molar-refractivity contribution in [3.63, 3.8) is 0 Å². The molecule has 168 valence electrons. The number of aryl methyl sites for hydroxylation is 2. The molecular weight excluding hydrogens is 406 g/mol. The zero-order chi connectivity index (χ0) is 22.7. The maximum absolute atomic E-state index is 12.5. The Hall–Kier alpha value is -3.39. The van der Waals surface area contributed by atoms with Crippen LogP contribution in [-0.2, 0) is 18.3 Å². The summed E-state index contributed by atoms with van der Waals surface area (Å²) in [6.07, 6.45) is -0.241. The Balaban J connectivity index is 1.42. The Kier molecular flexibility index (Phi) is 6.41. The lowest BCUT2D eigenvalue weighted by Crippen LogP contribution is -2.48. The maximum atomic E-state index is 12.5. The first-order valence-electron chi connectivity index (χ1n) is 10.9. The van der Waals surface area contributed by atoms with Crippen molar-refractivity contribution in [1.82, 2.24) is 19.4 Å². The molecule has 0 unspecified atom stereocenters. The van der Waals surface area contributed by atoms with Gasteiger partial charge in [-0.25, -0.2) is 9.78 Å². The highest BCUT2D eigenvalue weighted by Crippen LogP contribution is 2.21. The maximum Gasteiger partial charge on any atom is 0.409 e. The van der Waals surface area contributed by atoms with Crippen LogP contribution in [0.1, 0.15) is 28.7 Å². The number of anilines is 1. The summed E-state index contributed by atoms with van der Waals surface area (Å²) in [6.45, 7) is 7.77. The third-order valence-corrected chi connectivity index (χ3v) is 5.81. The van der Waals surface area contributed by atoms with E-state index in [1.54, 1.807) is 4.90 Å². The van der Waals surface area contributed by atoms with Crippen molar-refractivity contribution < 1.29 is 14.3 Å². The molecule has 1 aliphatic rings. The number of hydrogen-bond donors (Lipinski definition) is 1. The van der Waals surface area contributed by atoms with Gasteiger partial charge in [0, 0.05) is 44.5 Å². The number of rotatable bonds is 5. The van der Waals surface area contributed by atoms with E-state index in [1.807, 2.05) is 63.4 Å². The summed E-state index contributed by atoms with van der Waals surface area (Å²) in [5, 5.41) is 2.96. The van der Waals surface area contributed by atoms with Crippen LogP contribution in [0.15, 0.2) is 42.5 Å². The van der Waals surface area contributed by atoms with Gasteiger partial charge in [0.15, 0.2) is 0 Å². The third kappa shape index (κ3) is 4.75. The number of imidazole rings is 1. The molecule has 2 aromatic carbocycles. The number of carbonyl (C=O) groups is 2. The molecule has 2 heterocycles. The lowest BCUT2D eigenvalue weighted by Gasteiger charge is -2.33. The van der Waals surface area contributed by atoms with E-state index in [1.165, 1.54) is 0 Å². The number of nitrogens with zero attached hydrogens (tertiary/aromatic N) is 4. The molecular formula is C24H29N5O3. The molecule has 1 aliphatic heterocycles. The van der Waals surface area contributed by atoms with Gasteiger partial charge < -0.3 is 19.5 Å². The molecule has 0 radical (unpaired) electrons. The first kappa shape index (κ1) is 21.8. The third-order valence-electron chi connectivity index (χ3n) is 5.81. The predicted octanol–water partition coefficient (Wildman–Crippen LogP) is 3.41. The zero-order valence-electron chi connectivity index (χ0n) is 18.8. The molecule has 0 spiro atoms. The summed E-state index contributed by atoms with van der Waals surface area (Å²) in [7, 11) is 2.00. The molecule has 32 heavy (non-hydrogen) atoms. The molecule has 0 atom stereocenters. The topological polar surface area (TPSA) is 79.7 Å². The number of hydrogen-bond acceptors (Lipinski definition) is 5. The highest BCUT2D eigenvalue weighted by atomic mass is 16.6. The van der Waals surface area contributed by atoms with Crippen molar-refractivity contribution in [3.8, 4) is 0 Å². The summed E-state index contributed by atoms with van der Waals surface area (Å²) < 4.78 is 7.17. The quantitative estimate of drug-likeness (QED) is 0.664. The van der Waals surface area contributed by atoms with Crippen molar-refractivity contribution in [2.45, 2.75) is 20.4 Å². The van der Waals surface area contributed by atoms with Crippen LogP contribution in [0.2, 0.25) is 0 Å². The smallest absolute Gasteiger partial charge is 0.409 e. The number of nitrogens with one attached hydrogen (secondary N) is 1. The molecule has 4 rings (SSSR count). The number of aromatic nitrogens is 2. The van der Waals surface area contributed by atoms with Crippen LogP contribution in [0.4, 0.5) is 10.5 Å². The highest BCUT2D eigenvalue weighted by molar-refractivity contribution is 6.05. The van der Waals surface area contributed by atoms with Crippen LogP contribution in [0.3, 0.4) is 0 Å². The van der Waals surface area contributed by atoms with Crippen LogP contribution < -0.4 is 5.32 Å². The Morgan fingerprint density at radius 2 is 1.78 bits per heavy atom. The number of benzene rings is 2. The van der Waals surface area contributed by atoms with Crippen molar-refractivity contribution in [3.05, 3.63) is 59.4 Å². The number of carbonyl (C=O) groups excluding carboxylic acids is 2. The van der Waals surface area contributed by atoms with E-state index in [9.17, 15) is 9.59 Å². The Morgan fingerprint density at radius 1 is 1.06 bits per heavy atom. The van der Waals surface area contributed by atoms with Gasteiger partial charge in [-0.15, -0.1) is 0 Å². The molecule has 1 aromatic heterocycles. The van der Waals surface area contributed by atoms with E-state index in [-0.39, 0.29) is 12.0 Å². The fourth-order valence-electron chi connectivity index (χ4n) is 3.88. The Morgan fingerprint density at radius 3 is 2.47 bits per heavy atom. The normalized spacial score (nSPS) is 14.5. The second kappa shape index (κ2) is 9.40. The van der Waals surface area contributed by atoms with E-state index < -0.39 is 0 Å². The summed E-state index contributed by atoms with van der Waals surface area (Å²) in [6, 6.07) is 13.3. The van der Waals surface area contributed by atoms with Gasteiger partial charge in [0.25, 0.3) is 5.91 Å². The molecule has 8 heteroatoms. The summed E-state index contributed by atoms with van der Waals surface area (Å²) in [4.78, 5) is 33.3. The van der Waals surface area contributed by atoms with Crippen LogP contribution in [0.5, 0.6) is 0 Å². The minimum absolute atomic E-state index is 0.139. The second-order valence-electron chi connectivity index (χ2n) is 8.07. The van der Waals surface area contributed by atoms with Crippen molar-refractivity contribution in [1.29, 1.82) is 0 Å². The Labute approximate surface area is 187 Å². The summed E-state index contributed by atoms with van der Waals surface area (Å²) in [5.41, 5.74) is 4.31. The largest absolute Gasteiger partial charge is 0.450 e. The molecule has 1 fully saturated rings. The lowest BCUT2D eigenvalue weighted by molar-refractivity contribution is 0.0770. The van der Waals surface area contributed by atoms with Crippen LogP contribution in [0, 0.1) is 6.92 Å². The number of fused-ring (bicyclic) bond motifs is 1. The predicted molar refractivity (Wildman–Crippen MR) is 124 cm³/mol. The van der Waals surface area contributed by atoms with Crippen LogP contribution in [-0.4, -0.2) is 64.1 Å². The van der Waals surface area contributed by atoms with E-state index in [4.69, 9.17) is 9.72 Å². The first-order valence-corrected chi connectivity index (χ1v) is 10.9. The van der Waals surface area contributed by atoms with Gasteiger partial charge in [-0.05, 0) is 44.2 Å². The number of piperazine rings is 1. The van der Waals surface area contributed by atoms with Gasteiger partial charge in [0.05, 0.1) is 24.2 Å². The Bertz CT molecular complexity index is 1110. The second-order valence-corrected chi connectivity index (χ2v) is 8.07. The molecule has 8 nitrogen and oxygen atoms in total. The van der Waals surface area contributed by atoms with Crippen molar-refractivity contribution in [2.24, 2.45) is 7.05 Å².